The molecule has 0 aliphatic heterocycles. The number of hydrogen-bond acceptors (Lipinski definition) is 3. The number of aromatic nitrogens is 1. The Morgan fingerprint density at radius 1 is 1.31 bits per heavy atom. The molecule has 1 heterocycles. The maximum absolute atomic E-state index is 6.05. The van der Waals surface area contributed by atoms with Crippen LogP contribution in [0, 0.1) is 0 Å². The van der Waals surface area contributed by atoms with E-state index in [0.717, 1.165) is 28.0 Å². The topological polar surface area (TPSA) is 48.1 Å². The first kappa shape index (κ1) is 9.46. The molecule has 1 saturated carbocycles. The second-order valence-electron chi connectivity index (χ2n) is 4.29. The van der Waals surface area contributed by atoms with Gasteiger partial charge < -0.3 is 10.5 Å². The molecule has 82 valence electrons. The van der Waals surface area contributed by atoms with Gasteiger partial charge in [0.25, 0.3) is 0 Å². The summed E-state index contributed by atoms with van der Waals surface area (Å²) in [6.45, 7) is 0. The minimum Gasteiger partial charge on any atom is -0.497 e. The fourth-order valence-corrected chi connectivity index (χ4v) is 1.97. The second-order valence-corrected chi connectivity index (χ2v) is 4.29. The summed E-state index contributed by atoms with van der Waals surface area (Å²) in [7, 11) is 1.66. The number of anilines is 1. The van der Waals surface area contributed by atoms with Crippen molar-refractivity contribution in [3.05, 3.63) is 30.0 Å². The van der Waals surface area contributed by atoms with Crippen LogP contribution in [0.3, 0.4) is 0 Å². The van der Waals surface area contributed by atoms with E-state index in [2.05, 4.69) is 4.98 Å². The third-order valence-corrected chi connectivity index (χ3v) is 3.06. The summed E-state index contributed by atoms with van der Waals surface area (Å²) >= 11 is 0. The van der Waals surface area contributed by atoms with Crippen LogP contribution in [0.4, 0.5) is 5.69 Å². The zero-order valence-corrected chi connectivity index (χ0v) is 9.23. The number of rotatable bonds is 2. The number of hydrogen-bond donors (Lipinski definition) is 1. The van der Waals surface area contributed by atoms with Crippen molar-refractivity contribution >= 4 is 16.6 Å². The van der Waals surface area contributed by atoms with Gasteiger partial charge in [0.15, 0.2) is 0 Å². The minimum absolute atomic E-state index is 0.633. The van der Waals surface area contributed by atoms with E-state index >= 15 is 0 Å². The molecule has 0 spiro atoms. The monoisotopic (exact) mass is 214 g/mol. The van der Waals surface area contributed by atoms with E-state index < -0.39 is 0 Å². The van der Waals surface area contributed by atoms with Crippen LogP contribution in [0.15, 0.2) is 24.3 Å². The smallest absolute Gasteiger partial charge is 0.119 e. The van der Waals surface area contributed by atoms with Gasteiger partial charge in [-0.05, 0) is 37.1 Å². The predicted octanol–water partition coefficient (Wildman–Crippen LogP) is 2.70. The standard InChI is InChI=1S/C13H14N2O/c1-16-9-4-5-12-10(6-9)11(14)7-13(15-12)8-2-3-8/h4-8H,2-3H2,1H3,(H2,14,15). The number of pyridine rings is 1. The minimum atomic E-state index is 0.633. The van der Waals surface area contributed by atoms with E-state index in [0.29, 0.717) is 5.92 Å². The number of nitrogens with zero attached hydrogens (tertiary/aromatic N) is 1. The highest BCUT2D eigenvalue weighted by atomic mass is 16.5. The van der Waals surface area contributed by atoms with Crippen molar-refractivity contribution in [2.24, 2.45) is 0 Å². The van der Waals surface area contributed by atoms with Crippen molar-refractivity contribution in [2.45, 2.75) is 18.8 Å². The van der Waals surface area contributed by atoms with Gasteiger partial charge in [0.1, 0.15) is 5.75 Å². The fourth-order valence-electron chi connectivity index (χ4n) is 1.97. The van der Waals surface area contributed by atoms with Gasteiger partial charge in [0, 0.05) is 22.7 Å². The van der Waals surface area contributed by atoms with E-state index in [1.807, 2.05) is 24.3 Å². The number of benzene rings is 1. The summed E-state index contributed by atoms with van der Waals surface area (Å²) in [4.78, 5) is 4.64. The molecule has 1 fully saturated rings. The van der Waals surface area contributed by atoms with Crippen LogP contribution in [0.1, 0.15) is 24.5 Å². The first-order valence-corrected chi connectivity index (χ1v) is 5.52. The van der Waals surface area contributed by atoms with Crippen molar-refractivity contribution in [1.29, 1.82) is 0 Å². The highest BCUT2D eigenvalue weighted by Gasteiger charge is 2.25. The Morgan fingerprint density at radius 2 is 2.12 bits per heavy atom. The summed E-state index contributed by atoms with van der Waals surface area (Å²) in [6, 6.07) is 7.83. The summed E-state index contributed by atoms with van der Waals surface area (Å²) in [6.07, 6.45) is 2.49. The molecule has 0 bridgehead atoms. The molecular weight excluding hydrogens is 200 g/mol. The number of methoxy groups -OCH3 is 1. The molecule has 3 heteroatoms. The first-order chi connectivity index (χ1) is 7.78. The van der Waals surface area contributed by atoms with Crippen LogP contribution in [0.5, 0.6) is 5.75 Å². The van der Waals surface area contributed by atoms with Gasteiger partial charge in [-0.15, -0.1) is 0 Å². The van der Waals surface area contributed by atoms with Gasteiger partial charge in [-0.2, -0.15) is 0 Å². The van der Waals surface area contributed by atoms with Gasteiger partial charge in [-0.1, -0.05) is 0 Å². The Hall–Kier alpha value is -1.77. The Balaban J connectivity index is 2.19. The molecule has 1 aromatic heterocycles. The zero-order chi connectivity index (χ0) is 11.1. The lowest BCUT2D eigenvalue weighted by Gasteiger charge is -2.07. The van der Waals surface area contributed by atoms with Gasteiger partial charge in [0.05, 0.1) is 12.6 Å². The van der Waals surface area contributed by atoms with Crippen molar-refractivity contribution in [1.82, 2.24) is 4.98 Å². The first-order valence-electron chi connectivity index (χ1n) is 5.52. The summed E-state index contributed by atoms with van der Waals surface area (Å²) < 4.78 is 5.18. The molecule has 0 atom stereocenters. The predicted molar refractivity (Wildman–Crippen MR) is 64.7 cm³/mol. The molecule has 2 aromatic rings. The van der Waals surface area contributed by atoms with Crippen molar-refractivity contribution in [3.8, 4) is 5.75 Å². The van der Waals surface area contributed by atoms with Crippen LogP contribution in [-0.2, 0) is 0 Å². The molecule has 1 aromatic carbocycles. The van der Waals surface area contributed by atoms with Crippen molar-refractivity contribution in [2.75, 3.05) is 12.8 Å². The molecule has 0 unspecified atom stereocenters. The molecule has 0 amide bonds. The van der Waals surface area contributed by atoms with E-state index in [1.54, 1.807) is 7.11 Å². The normalized spacial score (nSPS) is 15.3. The molecule has 3 rings (SSSR count). The Kier molecular flexibility index (Phi) is 1.99. The van der Waals surface area contributed by atoms with E-state index in [-0.39, 0.29) is 0 Å². The average Bonchev–Trinajstić information content (AvgIpc) is 3.12. The van der Waals surface area contributed by atoms with E-state index in [9.17, 15) is 0 Å². The van der Waals surface area contributed by atoms with Crippen LogP contribution in [0.25, 0.3) is 10.9 Å². The van der Waals surface area contributed by atoms with Crippen LogP contribution < -0.4 is 10.5 Å². The molecule has 16 heavy (non-hydrogen) atoms. The molecule has 0 radical (unpaired) electrons. The van der Waals surface area contributed by atoms with Crippen LogP contribution in [0.2, 0.25) is 0 Å². The summed E-state index contributed by atoms with van der Waals surface area (Å²) in [5.74, 6) is 1.45. The molecular formula is C13H14N2O. The van der Waals surface area contributed by atoms with E-state index in [1.165, 1.54) is 12.8 Å². The Morgan fingerprint density at radius 3 is 2.81 bits per heavy atom. The number of ether oxygens (including phenoxy) is 1. The lowest BCUT2D eigenvalue weighted by Crippen LogP contribution is -1.95. The number of nitrogens with two attached hydrogens (primary N) is 1. The van der Waals surface area contributed by atoms with E-state index in [4.69, 9.17) is 10.5 Å². The number of fused-ring (bicyclic) bond motifs is 1. The Labute approximate surface area is 94.2 Å². The molecule has 2 N–H and O–H groups in total. The van der Waals surface area contributed by atoms with Gasteiger partial charge in [-0.25, -0.2) is 0 Å². The van der Waals surface area contributed by atoms with Gasteiger partial charge >= 0.3 is 0 Å². The van der Waals surface area contributed by atoms with Crippen molar-refractivity contribution < 1.29 is 4.74 Å². The highest BCUT2D eigenvalue weighted by Crippen LogP contribution is 2.40. The van der Waals surface area contributed by atoms with Crippen LogP contribution in [-0.4, -0.2) is 12.1 Å². The largest absolute Gasteiger partial charge is 0.497 e. The van der Waals surface area contributed by atoms with Gasteiger partial charge in [0.2, 0.25) is 0 Å². The molecule has 1 aliphatic carbocycles. The third kappa shape index (κ3) is 1.48. The maximum Gasteiger partial charge on any atom is 0.119 e. The molecule has 0 saturated heterocycles. The molecule has 1 aliphatic rings. The second kappa shape index (κ2) is 3.37. The SMILES string of the molecule is COc1ccc2nc(C3CC3)cc(N)c2c1. The quantitative estimate of drug-likeness (QED) is 0.836. The highest BCUT2D eigenvalue weighted by molar-refractivity contribution is 5.91. The fraction of sp³-hybridized carbons (Fsp3) is 0.308. The number of nitrogen functional groups attached to an aromatic ring is 1. The van der Waals surface area contributed by atoms with Gasteiger partial charge in [-0.3, -0.25) is 4.98 Å². The Bertz CT molecular complexity index is 547. The average molecular weight is 214 g/mol. The van der Waals surface area contributed by atoms with Crippen molar-refractivity contribution in [3.63, 3.8) is 0 Å². The van der Waals surface area contributed by atoms with Crippen LogP contribution >= 0.6 is 0 Å². The zero-order valence-electron chi connectivity index (χ0n) is 9.23. The maximum atomic E-state index is 6.05. The summed E-state index contributed by atoms with van der Waals surface area (Å²) in [5.41, 5.74) is 8.94. The third-order valence-electron chi connectivity index (χ3n) is 3.06. The lowest BCUT2D eigenvalue weighted by atomic mass is 10.1. The summed E-state index contributed by atoms with van der Waals surface area (Å²) in [5, 5.41) is 0.976. The molecule has 3 nitrogen and oxygen atoms in total. The lowest BCUT2D eigenvalue weighted by molar-refractivity contribution is 0.415.